The summed E-state index contributed by atoms with van der Waals surface area (Å²) in [6, 6.07) is 1.92. The molecule has 0 bridgehead atoms. The summed E-state index contributed by atoms with van der Waals surface area (Å²) in [4.78, 5) is 4.27. The van der Waals surface area contributed by atoms with E-state index in [0.717, 1.165) is 30.9 Å². The van der Waals surface area contributed by atoms with Gasteiger partial charge in [-0.15, -0.1) is 0 Å². The Morgan fingerprint density at radius 2 is 2.17 bits per heavy atom. The van der Waals surface area contributed by atoms with Gasteiger partial charge in [0.1, 0.15) is 5.82 Å². The molecule has 0 aliphatic heterocycles. The average molecular weight is 248 g/mol. The van der Waals surface area contributed by atoms with Crippen LogP contribution in [0.2, 0.25) is 0 Å². The van der Waals surface area contributed by atoms with Gasteiger partial charge in [0.2, 0.25) is 0 Å². The zero-order valence-corrected chi connectivity index (χ0v) is 11.2. The van der Waals surface area contributed by atoms with E-state index in [2.05, 4.69) is 17.0 Å². The maximum Gasteiger partial charge on any atom is 0.153 e. The van der Waals surface area contributed by atoms with Gasteiger partial charge < -0.3 is 9.67 Å². The Kier molecular flexibility index (Phi) is 3.81. The van der Waals surface area contributed by atoms with Crippen LogP contribution in [0.15, 0.2) is 18.5 Å². The van der Waals surface area contributed by atoms with Crippen molar-refractivity contribution in [1.29, 1.82) is 0 Å². The van der Waals surface area contributed by atoms with Gasteiger partial charge in [-0.1, -0.05) is 6.92 Å². The van der Waals surface area contributed by atoms with E-state index in [0.29, 0.717) is 5.82 Å². The lowest BCUT2D eigenvalue weighted by Gasteiger charge is -2.14. The molecule has 98 valence electrons. The van der Waals surface area contributed by atoms with Gasteiger partial charge >= 0.3 is 0 Å². The van der Waals surface area contributed by atoms with Crippen molar-refractivity contribution in [2.45, 2.75) is 46.4 Å². The van der Waals surface area contributed by atoms with Gasteiger partial charge in [0.05, 0.1) is 11.4 Å². The molecular formula is C13H20N4O. The minimum atomic E-state index is -0.715. The summed E-state index contributed by atoms with van der Waals surface area (Å²) in [5.41, 5.74) is 1.72. The third-order valence-electron chi connectivity index (χ3n) is 2.97. The number of aryl methyl sites for hydroxylation is 3. The molecule has 1 N–H and O–H groups in total. The molecule has 2 rings (SSSR count). The van der Waals surface area contributed by atoms with E-state index in [-0.39, 0.29) is 0 Å². The maximum absolute atomic E-state index is 10.5. The maximum atomic E-state index is 10.5. The lowest BCUT2D eigenvalue weighted by molar-refractivity contribution is 0.192. The van der Waals surface area contributed by atoms with Crippen LogP contribution in [0.3, 0.4) is 0 Å². The number of imidazole rings is 1. The first kappa shape index (κ1) is 12.8. The van der Waals surface area contributed by atoms with Crippen molar-refractivity contribution in [1.82, 2.24) is 19.3 Å². The molecule has 0 saturated heterocycles. The van der Waals surface area contributed by atoms with Crippen LogP contribution in [0.25, 0.3) is 0 Å². The molecule has 1 unspecified atom stereocenters. The molecule has 5 heteroatoms. The standard InChI is InChI=1S/C13H20N4O/c1-4-7-16-8-6-14-13(16)12(18)11-9-10(3)15-17(11)5-2/h6,8-9,12,18H,4-5,7H2,1-3H3. The Labute approximate surface area is 107 Å². The van der Waals surface area contributed by atoms with E-state index >= 15 is 0 Å². The number of nitrogens with zero attached hydrogens (tertiary/aromatic N) is 4. The van der Waals surface area contributed by atoms with Gasteiger partial charge in [0, 0.05) is 25.5 Å². The number of aliphatic hydroxyl groups is 1. The van der Waals surface area contributed by atoms with Crippen LogP contribution in [0, 0.1) is 6.92 Å². The highest BCUT2D eigenvalue weighted by atomic mass is 16.3. The molecule has 18 heavy (non-hydrogen) atoms. The molecule has 2 heterocycles. The van der Waals surface area contributed by atoms with Crippen LogP contribution in [-0.4, -0.2) is 24.4 Å². The third-order valence-corrected chi connectivity index (χ3v) is 2.97. The van der Waals surface area contributed by atoms with Crippen molar-refractivity contribution in [2.24, 2.45) is 0 Å². The summed E-state index contributed by atoms with van der Waals surface area (Å²) in [7, 11) is 0. The molecule has 0 saturated carbocycles. The average Bonchev–Trinajstić information content (AvgIpc) is 2.95. The number of hydrogen-bond donors (Lipinski definition) is 1. The normalized spacial score (nSPS) is 12.9. The summed E-state index contributed by atoms with van der Waals surface area (Å²) < 4.78 is 3.82. The summed E-state index contributed by atoms with van der Waals surface area (Å²) in [5, 5.41) is 14.8. The largest absolute Gasteiger partial charge is 0.379 e. The quantitative estimate of drug-likeness (QED) is 0.879. The van der Waals surface area contributed by atoms with Gasteiger partial charge in [-0.25, -0.2) is 4.98 Å². The molecule has 2 aromatic rings. The first-order valence-corrected chi connectivity index (χ1v) is 6.40. The highest BCUT2D eigenvalue weighted by Gasteiger charge is 2.20. The highest BCUT2D eigenvalue weighted by Crippen LogP contribution is 2.21. The van der Waals surface area contributed by atoms with Gasteiger partial charge in [0.25, 0.3) is 0 Å². The fourth-order valence-electron chi connectivity index (χ4n) is 2.17. The second kappa shape index (κ2) is 5.35. The second-order valence-electron chi connectivity index (χ2n) is 4.41. The smallest absolute Gasteiger partial charge is 0.153 e. The number of aliphatic hydroxyl groups excluding tert-OH is 1. The Morgan fingerprint density at radius 1 is 1.39 bits per heavy atom. The van der Waals surface area contributed by atoms with E-state index in [1.54, 1.807) is 6.20 Å². The van der Waals surface area contributed by atoms with Gasteiger partial charge in [0.15, 0.2) is 6.10 Å². The molecule has 0 radical (unpaired) electrons. The lowest BCUT2D eigenvalue weighted by atomic mass is 10.2. The van der Waals surface area contributed by atoms with E-state index in [1.807, 2.05) is 35.4 Å². The Balaban J connectivity index is 2.34. The Morgan fingerprint density at radius 3 is 2.83 bits per heavy atom. The van der Waals surface area contributed by atoms with Crippen LogP contribution in [-0.2, 0) is 13.1 Å². The predicted octanol–water partition coefficient (Wildman–Crippen LogP) is 1.90. The SMILES string of the molecule is CCCn1ccnc1C(O)c1cc(C)nn1CC. The first-order chi connectivity index (χ1) is 8.67. The first-order valence-electron chi connectivity index (χ1n) is 6.40. The van der Waals surface area contributed by atoms with Crippen molar-refractivity contribution < 1.29 is 5.11 Å². The number of hydrogen-bond acceptors (Lipinski definition) is 3. The minimum Gasteiger partial charge on any atom is -0.379 e. The van der Waals surface area contributed by atoms with Crippen LogP contribution in [0.5, 0.6) is 0 Å². The Hall–Kier alpha value is -1.62. The number of aromatic nitrogens is 4. The van der Waals surface area contributed by atoms with Crippen molar-refractivity contribution in [3.05, 3.63) is 35.7 Å². The van der Waals surface area contributed by atoms with Crippen LogP contribution in [0.4, 0.5) is 0 Å². The molecule has 5 nitrogen and oxygen atoms in total. The van der Waals surface area contributed by atoms with Crippen molar-refractivity contribution >= 4 is 0 Å². The van der Waals surface area contributed by atoms with Gasteiger partial charge in [-0.05, 0) is 26.3 Å². The van der Waals surface area contributed by atoms with E-state index < -0.39 is 6.10 Å². The molecule has 0 aliphatic rings. The van der Waals surface area contributed by atoms with Crippen LogP contribution in [0.1, 0.15) is 43.6 Å². The summed E-state index contributed by atoms with van der Waals surface area (Å²) in [6.07, 6.45) is 3.94. The minimum absolute atomic E-state index is 0.687. The fourth-order valence-corrected chi connectivity index (χ4v) is 2.17. The molecular weight excluding hydrogens is 228 g/mol. The zero-order chi connectivity index (χ0) is 13.1. The fraction of sp³-hybridized carbons (Fsp3) is 0.538. The molecule has 2 aromatic heterocycles. The van der Waals surface area contributed by atoms with Crippen LogP contribution < -0.4 is 0 Å². The topological polar surface area (TPSA) is 55.9 Å². The molecule has 0 amide bonds. The zero-order valence-electron chi connectivity index (χ0n) is 11.2. The molecule has 0 aliphatic carbocycles. The molecule has 0 aromatic carbocycles. The summed E-state index contributed by atoms with van der Waals surface area (Å²) in [6.45, 7) is 7.67. The third kappa shape index (κ3) is 2.31. The number of rotatable bonds is 5. The monoisotopic (exact) mass is 248 g/mol. The van der Waals surface area contributed by atoms with Gasteiger partial charge in [-0.3, -0.25) is 4.68 Å². The summed E-state index contributed by atoms with van der Waals surface area (Å²) in [5.74, 6) is 0.687. The van der Waals surface area contributed by atoms with Gasteiger partial charge in [-0.2, -0.15) is 5.10 Å². The van der Waals surface area contributed by atoms with Crippen molar-refractivity contribution in [3.8, 4) is 0 Å². The van der Waals surface area contributed by atoms with Crippen molar-refractivity contribution in [3.63, 3.8) is 0 Å². The molecule has 0 fully saturated rings. The van der Waals surface area contributed by atoms with E-state index in [9.17, 15) is 5.11 Å². The van der Waals surface area contributed by atoms with Crippen molar-refractivity contribution in [2.75, 3.05) is 0 Å². The summed E-state index contributed by atoms with van der Waals surface area (Å²) >= 11 is 0. The molecule has 1 atom stereocenters. The Bertz CT molecular complexity index is 515. The van der Waals surface area contributed by atoms with E-state index in [4.69, 9.17) is 0 Å². The lowest BCUT2D eigenvalue weighted by Crippen LogP contribution is -2.14. The van der Waals surface area contributed by atoms with E-state index in [1.165, 1.54) is 0 Å². The molecule has 0 spiro atoms. The second-order valence-corrected chi connectivity index (χ2v) is 4.41. The predicted molar refractivity (Wildman–Crippen MR) is 69.2 cm³/mol. The highest BCUT2D eigenvalue weighted by molar-refractivity contribution is 5.18. The van der Waals surface area contributed by atoms with Crippen LogP contribution >= 0.6 is 0 Å².